The number of ether oxygens (including phenoxy) is 1. The van der Waals surface area contributed by atoms with Crippen molar-refractivity contribution in [2.45, 2.75) is 50.7 Å². The molecule has 0 radical (unpaired) electrons. The van der Waals surface area contributed by atoms with Crippen LogP contribution >= 0.6 is 0 Å². The minimum absolute atomic E-state index is 0.117. The van der Waals surface area contributed by atoms with E-state index < -0.39 is 0 Å². The molecule has 3 unspecified atom stereocenters. The number of nitrogens with zero attached hydrogens (tertiary/aromatic N) is 4. The van der Waals surface area contributed by atoms with Crippen LogP contribution in [0.4, 0.5) is 15.9 Å². The molecule has 2 fully saturated rings. The zero-order valence-electron chi connectivity index (χ0n) is 18.1. The third-order valence-corrected chi connectivity index (χ3v) is 6.96. The van der Waals surface area contributed by atoms with Crippen LogP contribution in [-0.2, 0) is 6.42 Å². The summed E-state index contributed by atoms with van der Waals surface area (Å²) in [5, 5.41) is 3.13. The zero-order chi connectivity index (χ0) is 22.0. The van der Waals surface area contributed by atoms with Crippen LogP contribution in [0.25, 0.3) is 11.1 Å². The van der Waals surface area contributed by atoms with Crippen molar-refractivity contribution in [1.82, 2.24) is 15.0 Å². The molecule has 3 aliphatic rings. The van der Waals surface area contributed by atoms with Crippen LogP contribution in [0.15, 0.2) is 30.5 Å². The number of hydrogen-bond donors (Lipinski definition) is 2. The van der Waals surface area contributed by atoms with Crippen LogP contribution < -0.4 is 20.7 Å². The predicted octanol–water partition coefficient (Wildman–Crippen LogP) is 3.79. The molecule has 6 rings (SSSR count). The van der Waals surface area contributed by atoms with Gasteiger partial charge in [0.25, 0.3) is 0 Å². The van der Waals surface area contributed by atoms with Crippen molar-refractivity contribution in [1.29, 1.82) is 0 Å². The number of halogens is 1. The average molecular weight is 433 g/mol. The van der Waals surface area contributed by atoms with E-state index in [0.717, 1.165) is 58.8 Å². The first-order chi connectivity index (χ1) is 15.5. The van der Waals surface area contributed by atoms with Gasteiger partial charge in [-0.15, -0.1) is 0 Å². The van der Waals surface area contributed by atoms with Gasteiger partial charge in [0.2, 0.25) is 0 Å². The molecule has 2 bridgehead atoms. The second kappa shape index (κ2) is 7.13. The molecule has 8 heteroatoms. The number of nitrogens with one attached hydrogen (secondary N) is 1. The van der Waals surface area contributed by atoms with Crippen molar-refractivity contribution < 1.29 is 9.13 Å². The molecule has 3 atom stereocenters. The van der Waals surface area contributed by atoms with Crippen molar-refractivity contribution in [3.63, 3.8) is 0 Å². The largest absolute Gasteiger partial charge is 0.423 e. The highest BCUT2D eigenvalue weighted by atomic mass is 19.1. The van der Waals surface area contributed by atoms with E-state index in [0.29, 0.717) is 18.2 Å². The summed E-state index contributed by atoms with van der Waals surface area (Å²) in [6.45, 7) is 1.93. The Hall–Kier alpha value is -3.26. The van der Waals surface area contributed by atoms with E-state index in [-0.39, 0.29) is 23.9 Å². The number of anilines is 2. The highest BCUT2D eigenvalue weighted by Crippen LogP contribution is 2.49. The molecule has 1 aromatic carbocycles. The minimum atomic E-state index is -0.279. The van der Waals surface area contributed by atoms with Gasteiger partial charge in [0.1, 0.15) is 17.4 Å². The minimum Gasteiger partial charge on any atom is -0.423 e. The van der Waals surface area contributed by atoms with Gasteiger partial charge in [0, 0.05) is 48.5 Å². The van der Waals surface area contributed by atoms with E-state index in [9.17, 15) is 4.39 Å². The Morgan fingerprint density at radius 3 is 2.78 bits per heavy atom. The van der Waals surface area contributed by atoms with Gasteiger partial charge < -0.3 is 20.7 Å². The Morgan fingerprint density at radius 2 is 2.09 bits per heavy atom. The summed E-state index contributed by atoms with van der Waals surface area (Å²) in [5.41, 5.74) is 11.8. The molecule has 32 heavy (non-hydrogen) atoms. The van der Waals surface area contributed by atoms with Gasteiger partial charge >= 0.3 is 6.01 Å². The molecule has 7 nitrogen and oxygen atoms in total. The van der Waals surface area contributed by atoms with Gasteiger partial charge in [0.05, 0.1) is 11.9 Å². The summed E-state index contributed by atoms with van der Waals surface area (Å²) in [6, 6.07) is 7.84. The van der Waals surface area contributed by atoms with Crippen molar-refractivity contribution in [3.8, 4) is 22.9 Å². The average Bonchev–Trinajstić information content (AvgIpc) is 3.44. The third kappa shape index (κ3) is 2.93. The van der Waals surface area contributed by atoms with Crippen LogP contribution in [0, 0.1) is 12.7 Å². The number of hydrogen-bond acceptors (Lipinski definition) is 7. The van der Waals surface area contributed by atoms with Gasteiger partial charge in [-0.3, -0.25) is 4.98 Å². The lowest BCUT2D eigenvalue weighted by molar-refractivity contribution is 0.437. The van der Waals surface area contributed by atoms with E-state index in [1.165, 1.54) is 6.07 Å². The number of aromatic nitrogens is 3. The summed E-state index contributed by atoms with van der Waals surface area (Å²) < 4.78 is 20.5. The molecule has 3 aromatic rings. The maximum absolute atomic E-state index is 14.5. The lowest BCUT2D eigenvalue weighted by Crippen LogP contribution is -2.37. The third-order valence-electron chi connectivity index (χ3n) is 6.96. The first-order valence-electron chi connectivity index (χ1n) is 11.1. The first kappa shape index (κ1) is 19.4. The molecular formula is C24H25FN6O. The lowest BCUT2D eigenvalue weighted by Gasteiger charge is -2.27. The van der Waals surface area contributed by atoms with Crippen molar-refractivity contribution in [2.24, 2.45) is 5.73 Å². The van der Waals surface area contributed by atoms with Crippen LogP contribution in [0.1, 0.15) is 36.2 Å². The fraction of sp³-hybridized carbons (Fsp3) is 0.375. The van der Waals surface area contributed by atoms with E-state index in [1.807, 2.05) is 26.1 Å². The van der Waals surface area contributed by atoms with E-state index in [4.69, 9.17) is 20.4 Å². The molecule has 4 heterocycles. The SMILES string of the molecule is CNc1cc(F)cc2c1Cc1nc(Oc3ccc(C)nc3)nc(N3C4CCC3C(N)C4)c1-2. The van der Waals surface area contributed by atoms with Gasteiger partial charge in [-0.1, -0.05) is 0 Å². The smallest absolute Gasteiger partial charge is 0.324 e. The molecule has 0 amide bonds. The number of aryl methyl sites for hydroxylation is 1. The first-order valence-corrected chi connectivity index (χ1v) is 11.1. The number of pyridine rings is 1. The summed E-state index contributed by atoms with van der Waals surface area (Å²) >= 11 is 0. The Balaban J connectivity index is 1.51. The summed E-state index contributed by atoms with van der Waals surface area (Å²) in [7, 11) is 1.81. The van der Waals surface area contributed by atoms with Crippen LogP contribution in [0.2, 0.25) is 0 Å². The molecule has 2 aliphatic heterocycles. The van der Waals surface area contributed by atoms with Gasteiger partial charge in [-0.05, 0) is 61.6 Å². The fourth-order valence-corrected chi connectivity index (χ4v) is 5.53. The number of fused-ring (bicyclic) bond motifs is 5. The normalized spacial score (nSPS) is 22.8. The number of nitrogens with two attached hydrogens (primary N) is 1. The monoisotopic (exact) mass is 432 g/mol. The Morgan fingerprint density at radius 1 is 1.22 bits per heavy atom. The summed E-state index contributed by atoms with van der Waals surface area (Å²) in [4.78, 5) is 16.2. The van der Waals surface area contributed by atoms with Gasteiger partial charge in [-0.2, -0.15) is 9.97 Å². The van der Waals surface area contributed by atoms with Crippen LogP contribution in [-0.4, -0.2) is 40.1 Å². The fourth-order valence-electron chi connectivity index (χ4n) is 5.53. The van der Waals surface area contributed by atoms with Crippen molar-refractivity contribution >= 4 is 11.5 Å². The summed E-state index contributed by atoms with van der Waals surface area (Å²) in [6.07, 6.45) is 5.34. The van der Waals surface area contributed by atoms with Crippen LogP contribution in [0.5, 0.6) is 11.8 Å². The molecular weight excluding hydrogens is 407 g/mol. The predicted molar refractivity (Wildman–Crippen MR) is 121 cm³/mol. The van der Waals surface area contributed by atoms with E-state index >= 15 is 0 Å². The Bertz CT molecular complexity index is 1210. The quantitative estimate of drug-likeness (QED) is 0.507. The lowest BCUT2D eigenvalue weighted by atomic mass is 9.97. The Labute approximate surface area is 185 Å². The topological polar surface area (TPSA) is 89.2 Å². The Kier molecular flexibility index (Phi) is 4.33. The molecule has 0 spiro atoms. The second-order valence-electron chi connectivity index (χ2n) is 8.90. The highest BCUT2D eigenvalue weighted by molar-refractivity contribution is 5.88. The summed E-state index contributed by atoms with van der Waals surface area (Å²) in [5.74, 6) is 1.11. The number of benzene rings is 1. The molecule has 2 aromatic heterocycles. The van der Waals surface area contributed by atoms with Crippen LogP contribution in [0.3, 0.4) is 0 Å². The molecule has 1 aliphatic carbocycles. The maximum Gasteiger partial charge on any atom is 0.324 e. The van der Waals surface area contributed by atoms with E-state index in [2.05, 4.69) is 15.2 Å². The standard InChI is InChI=1S/C24H25FN6O/c1-12-3-5-15(11-28-12)32-24-29-20-10-16-17(7-13(25)8-19(16)27-2)22(20)23(30-24)31-14-4-6-21(31)18(26)9-14/h3,5,7-8,11,14,18,21,27H,4,6,9-10,26H2,1-2H3. The molecule has 2 saturated heterocycles. The molecule has 3 N–H and O–H groups in total. The maximum atomic E-state index is 14.5. The van der Waals surface area contributed by atoms with Crippen molar-refractivity contribution in [3.05, 3.63) is 53.2 Å². The van der Waals surface area contributed by atoms with Crippen molar-refractivity contribution in [2.75, 3.05) is 17.3 Å². The molecule has 0 saturated carbocycles. The zero-order valence-corrected chi connectivity index (χ0v) is 18.1. The van der Waals surface area contributed by atoms with Gasteiger partial charge in [0.15, 0.2) is 0 Å². The molecule has 164 valence electrons. The number of rotatable bonds is 4. The van der Waals surface area contributed by atoms with E-state index in [1.54, 1.807) is 12.3 Å². The van der Waals surface area contributed by atoms with Gasteiger partial charge in [-0.25, -0.2) is 4.39 Å². The highest BCUT2D eigenvalue weighted by Gasteiger charge is 2.47. The second-order valence-corrected chi connectivity index (χ2v) is 8.90.